The Bertz CT molecular complexity index is 840. The molecule has 3 rings (SSSR count). The number of thioether (sulfide) groups is 1. The summed E-state index contributed by atoms with van der Waals surface area (Å²) in [7, 11) is 0. The maximum Gasteiger partial charge on any atom is 0.227 e. The highest BCUT2D eigenvalue weighted by molar-refractivity contribution is 8.09. The molecule has 0 aliphatic carbocycles. The van der Waals surface area contributed by atoms with E-state index in [9.17, 15) is 4.79 Å². The normalized spacial score (nSPS) is 17.1. The van der Waals surface area contributed by atoms with Crippen LogP contribution in [0.25, 0.3) is 4.91 Å². The molecule has 1 aromatic carbocycles. The lowest BCUT2D eigenvalue weighted by Gasteiger charge is -2.21. The average Bonchev–Trinajstić information content (AvgIpc) is 2.94. The van der Waals surface area contributed by atoms with E-state index in [1.54, 1.807) is 6.20 Å². The Kier molecular flexibility index (Phi) is 5.30. The van der Waals surface area contributed by atoms with Gasteiger partial charge in [-0.15, -0.1) is 0 Å². The smallest absolute Gasteiger partial charge is 0.227 e. The van der Waals surface area contributed by atoms with E-state index in [0.29, 0.717) is 5.95 Å². The van der Waals surface area contributed by atoms with E-state index < -0.39 is 0 Å². The number of aldehydes is 1. The van der Waals surface area contributed by atoms with Gasteiger partial charge >= 0.3 is 0 Å². The number of allylic oxidation sites excluding steroid dienone is 1. The SMILES string of the molecule is CCN1C(C)=C(c2ccnc(Nc3ccc(Cl)c(C)c3)n2)SC1C=O. The predicted molar refractivity (Wildman–Crippen MR) is 104 cm³/mol. The van der Waals surface area contributed by atoms with Crippen molar-refractivity contribution in [2.24, 2.45) is 0 Å². The van der Waals surface area contributed by atoms with Crippen LogP contribution in [0.5, 0.6) is 0 Å². The lowest BCUT2D eigenvalue weighted by atomic mass is 10.2. The van der Waals surface area contributed by atoms with Crippen molar-refractivity contribution in [3.63, 3.8) is 0 Å². The molecule has 130 valence electrons. The molecule has 7 heteroatoms. The number of aryl methyl sites for hydroxylation is 1. The summed E-state index contributed by atoms with van der Waals surface area (Å²) >= 11 is 7.59. The van der Waals surface area contributed by atoms with Crippen LogP contribution >= 0.6 is 23.4 Å². The lowest BCUT2D eigenvalue weighted by Crippen LogP contribution is -2.28. The summed E-state index contributed by atoms with van der Waals surface area (Å²) in [5.41, 5.74) is 3.75. The van der Waals surface area contributed by atoms with E-state index in [1.807, 2.05) is 45.0 Å². The number of halogens is 1. The molecule has 0 amide bonds. The lowest BCUT2D eigenvalue weighted by molar-refractivity contribution is -0.109. The summed E-state index contributed by atoms with van der Waals surface area (Å²) in [6.07, 6.45) is 2.69. The zero-order valence-electron chi connectivity index (χ0n) is 14.3. The molecule has 5 nitrogen and oxygen atoms in total. The van der Waals surface area contributed by atoms with Crippen LogP contribution in [0.15, 0.2) is 36.2 Å². The number of rotatable bonds is 5. The standard InChI is InChI=1S/C18H19ClN4OS/c1-4-23-12(3)17(25-16(23)10-24)15-7-8-20-18(22-15)21-13-5-6-14(19)11(2)9-13/h5-10,16H,4H2,1-3H3,(H,20,21,22). The Morgan fingerprint density at radius 2 is 2.16 bits per heavy atom. The van der Waals surface area contributed by atoms with Gasteiger partial charge in [0.25, 0.3) is 0 Å². The third-order valence-corrected chi connectivity index (χ3v) is 5.84. The first kappa shape index (κ1) is 17.8. The second kappa shape index (κ2) is 7.45. The van der Waals surface area contributed by atoms with E-state index in [4.69, 9.17) is 11.6 Å². The number of hydrogen-bond donors (Lipinski definition) is 1. The molecule has 2 heterocycles. The predicted octanol–water partition coefficient (Wildman–Crippen LogP) is 4.46. The van der Waals surface area contributed by atoms with Gasteiger partial charge in [-0.3, -0.25) is 0 Å². The summed E-state index contributed by atoms with van der Waals surface area (Å²) in [5, 5.41) is 3.74. The van der Waals surface area contributed by atoms with Gasteiger partial charge in [-0.25, -0.2) is 9.97 Å². The number of benzene rings is 1. The van der Waals surface area contributed by atoms with Gasteiger partial charge in [0.1, 0.15) is 5.37 Å². The first-order valence-corrected chi connectivity index (χ1v) is 9.25. The van der Waals surface area contributed by atoms with E-state index >= 15 is 0 Å². The molecule has 1 N–H and O–H groups in total. The topological polar surface area (TPSA) is 58.1 Å². The van der Waals surface area contributed by atoms with Crippen molar-refractivity contribution in [1.29, 1.82) is 0 Å². The molecule has 0 saturated heterocycles. The molecule has 1 aliphatic heterocycles. The van der Waals surface area contributed by atoms with Crippen LogP contribution in [0.2, 0.25) is 5.02 Å². The number of carbonyl (C=O) groups is 1. The van der Waals surface area contributed by atoms with Crippen LogP contribution in [-0.4, -0.2) is 33.1 Å². The van der Waals surface area contributed by atoms with Gasteiger partial charge in [0.15, 0.2) is 6.29 Å². The first-order chi connectivity index (χ1) is 12.0. The molecule has 1 unspecified atom stereocenters. The van der Waals surface area contributed by atoms with Gasteiger partial charge in [0.2, 0.25) is 5.95 Å². The first-order valence-electron chi connectivity index (χ1n) is 7.99. The van der Waals surface area contributed by atoms with Gasteiger partial charge < -0.3 is 15.0 Å². The number of anilines is 2. The van der Waals surface area contributed by atoms with Gasteiger partial charge in [-0.05, 0) is 50.6 Å². The molecule has 0 saturated carbocycles. The zero-order valence-corrected chi connectivity index (χ0v) is 15.9. The fourth-order valence-corrected chi connectivity index (χ4v) is 4.12. The molecule has 0 spiro atoms. The Labute approximate surface area is 156 Å². The highest BCUT2D eigenvalue weighted by atomic mass is 35.5. The van der Waals surface area contributed by atoms with Crippen LogP contribution < -0.4 is 5.32 Å². The van der Waals surface area contributed by atoms with Gasteiger partial charge in [-0.1, -0.05) is 23.4 Å². The highest BCUT2D eigenvalue weighted by Gasteiger charge is 2.30. The van der Waals surface area contributed by atoms with Gasteiger partial charge in [0, 0.05) is 29.1 Å². The number of likely N-dealkylation sites (N-methyl/N-ethyl adjacent to an activating group) is 1. The average molecular weight is 375 g/mol. The second-order valence-electron chi connectivity index (χ2n) is 5.70. The van der Waals surface area contributed by atoms with E-state index in [0.717, 1.165) is 45.4 Å². The van der Waals surface area contributed by atoms with E-state index in [1.165, 1.54) is 11.8 Å². The summed E-state index contributed by atoms with van der Waals surface area (Å²) in [6, 6.07) is 7.55. The summed E-state index contributed by atoms with van der Waals surface area (Å²) in [5.74, 6) is 0.512. The third kappa shape index (κ3) is 3.65. The van der Waals surface area contributed by atoms with Crippen LogP contribution in [0, 0.1) is 6.92 Å². The molecule has 1 atom stereocenters. The third-order valence-electron chi connectivity index (χ3n) is 4.06. The minimum atomic E-state index is -0.190. The number of hydrogen-bond acceptors (Lipinski definition) is 6. The van der Waals surface area contributed by atoms with Crippen molar-refractivity contribution in [2.75, 3.05) is 11.9 Å². The van der Waals surface area contributed by atoms with E-state index in [2.05, 4.69) is 20.2 Å². The number of carbonyl (C=O) groups excluding carboxylic acids is 1. The van der Waals surface area contributed by atoms with Crippen LogP contribution in [0.3, 0.4) is 0 Å². The molecular weight excluding hydrogens is 356 g/mol. The minimum absolute atomic E-state index is 0.190. The van der Waals surface area contributed by atoms with Crippen molar-refractivity contribution in [3.05, 3.63) is 52.4 Å². The van der Waals surface area contributed by atoms with Crippen LogP contribution in [0.4, 0.5) is 11.6 Å². The molecule has 1 aromatic heterocycles. The van der Waals surface area contributed by atoms with Gasteiger partial charge in [0.05, 0.1) is 10.6 Å². The van der Waals surface area contributed by atoms with Crippen LogP contribution in [0.1, 0.15) is 25.1 Å². The Morgan fingerprint density at radius 1 is 1.36 bits per heavy atom. The van der Waals surface area contributed by atoms with Crippen molar-refractivity contribution >= 4 is 46.2 Å². The monoisotopic (exact) mass is 374 g/mol. The molecule has 0 fully saturated rings. The molecule has 25 heavy (non-hydrogen) atoms. The largest absolute Gasteiger partial charge is 0.356 e. The minimum Gasteiger partial charge on any atom is -0.356 e. The molecule has 2 aromatic rings. The Hall–Kier alpha value is -2.05. The molecule has 0 radical (unpaired) electrons. The van der Waals surface area contributed by atoms with Crippen molar-refractivity contribution in [1.82, 2.24) is 14.9 Å². The Morgan fingerprint density at radius 3 is 2.80 bits per heavy atom. The van der Waals surface area contributed by atoms with Crippen molar-refractivity contribution in [3.8, 4) is 0 Å². The quantitative estimate of drug-likeness (QED) is 0.779. The number of nitrogens with zero attached hydrogens (tertiary/aromatic N) is 3. The number of nitrogens with one attached hydrogen (secondary N) is 1. The molecule has 1 aliphatic rings. The Balaban J connectivity index is 1.88. The summed E-state index contributed by atoms with van der Waals surface area (Å²) in [6.45, 7) is 6.80. The summed E-state index contributed by atoms with van der Waals surface area (Å²) < 4.78 is 0. The van der Waals surface area contributed by atoms with E-state index in [-0.39, 0.29) is 5.37 Å². The van der Waals surface area contributed by atoms with Crippen molar-refractivity contribution in [2.45, 2.75) is 26.1 Å². The summed E-state index contributed by atoms with van der Waals surface area (Å²) in [4.78, 5) is 23.3. The van der Waals surface area contributed by atoms with Crippen LogP contribution in [-0.2, 0) is 4.79 Å². The maximum atomic E-state index is 11.3. The molecule has 0 bridgehead atoms. The molecular formula is C18H19ClN4OS. The highest BCUT2D eigenvalue weighted by Crippen LogP contribution is 2.42. The second-order valence-corrected chi connectivity index (χ2v) is 7.23. The maximum absolute atomic E-state index is 11.3. The van der Waals surface area contributed by atoms with Crippen molar-refractivity contribution < 1.29 is 4.79 Å². The fraction of sp³-hybridized carbons (Fsp3) is 0.278. The number of aromatic nitrogens is 2. The fourth-order valence-electron chi connectivity index (χ4n) is 2.75. The van der Waals surface area contributed by atoms with Gasteiger partial charge in [-0.2, -0.15) is 0 Å². The zero-order chi connectivity index (χ0) is 18.0.